The molecule has 1 fully saturated rings. The number of aromatic nitrogens is 1. The Labute approximate surface area is 186 Å². The van der Waals surface area contributed by atoms with Crippen LogP contribution in [0.4, 0.5) is 0 Å². The third-order valence-corrected chi connectivity index (χ3v) is 6.40. The molecule has 7 nitrogen and oxygen atoms in total. The second-order valence-electron chi connectivity index (χ2n) is 7.55. The summed E-state index contributed by atoms with van der Waals surface area (Å²) in [6.07, 6.45) is 3.74. The lowest BCUT2D eigenvalue weighted by Gasteiger charge is -2.27. The molecule has 0 saturated carbocycles. The number of ketones is 1. The zero-order valence-electron chi connectivity index (χ0n) is 17.8. The molecule has 162 valence electrons. The normalized spacial score (nSPS) is 17.2. The summed E-state index contributed by atoms with van der Waals surface area (Å²) in [5, 5.41) is 4.22. The van der Waals surface area contributed by atoms with E-state index in [9.17, 15) is 4.79 Å². The van der Waals surface area contributed by atoms with Gasteiger partial charge in [0.25, 0.3) is 0 Å². The molecule has 8 heteroatoms. The van der Waals surface area contributed by atoms with Crippen molar-refractivity contribution >= 4 is 28.3 Å². The van der Waals surface area contributed by atoms with E-state index in [1.807, 2.05) is 30.3 Å². The molecule has 2 aliphatic heterocycles. The second-order valence-corrected chi connectivity index (χ2v) is 8.52. The highest BCUT2D eigenvalue weighted by molar-refractivity contribution is 8.16. The molecule has 4 rings (SSSR count). The summed E-state index contributed by atoms with van der Waals surface area (Å²) in [5.74, 6) is 1.81. The van der Waals surface area contributed by atoms with Crippen molar-refractivity contribution in [2.24, 2.45) is 9.98 Å². The number of piperidine rings is 1. The topological polar surface area (TPSA) is 85.2 Å². The van der Waals surface area contributed by atoms with Gasteiger partial charge in [-0.3, -0.25) is 9.79 Å². The van der Waals surface area contributed by atoms with Crippen molar-refractivity contribution < 1.29 is 14.3 Å². The maximum absolute atomic E-state index is 12.6. The number of carbonyl (C=O) groups is 1. The van der Waals surface area contributed by atoms with E-state index in [4.69, 9.17) is 19.5 Å². The monoisotopic (exact) mass is 438 g/mol. The van der Waals surface area contributed by atoms with Crippen LogP contribution in [-0.2, 0) is 11.2 Å². The Morgan fingerprint density at radius 3 is 2.48 bits per heavy atom. The molecule has 1 N–H and O–H groups in total. The van der Waals surface area contributed by atoms with E-state index in [0.717, 1.165) is 53.6 Å². The van der Waals surface area contributed by atoms with E-state index >= 15 is 0 Å². The molecule has 1 spiro atoms. The Bertz CT molecular complexity index is 981. The van der Waals surface area contributed by atoms with Crippen molar-refractivity contribution in [3.63, 3.8) is 0 Å². The average molecular weight is 439 g/mol. The Balaban J connectivity index is 1.47. The number of nitrogens with one attached hydrogen (secondary N) is 1. The lowest BCUT2D eigenvalue weighted by molar-refractivity contribution is -0.116. The van der Waals surface area contributed by atoms with Crippen molar-refractivity contribution in [3.8, 4) is 11.6 Å². The number of hydrogen-bond acceptors (Lipinski definition) is 8. The van der Waals surface area contributed by atoms with E-state index in [0.29, 0.717) is 18.1 Å². The summed E-state index contributed by atoms with van der Waals surface area (Å²) in [6.45, 7) is 1.79. The molecule has 1 aromatic carbocycles. The zero-order valence-corrected chi connectivity index (χ0v) is 18.6. The molecule has 0 bridgehead atoms. The maximum atomic E-state index is 12.6. The first-order valence-electron chi connectivity index (χ1n) is 10.3. The van der Waals surface area contributed by atoms with E-state index in [1.165, 1.54) is 11.8 Å². The van der Waals surface area contributed by atoms with E-state index in [-0.39, 0.29) is 5.78 Å². The van der Waals surface area contributed by atoms with E-state index in [1.54, 1.807) is 26.5 Å². The number of rotatable bonds is 7. The quantitative estimate of drug-likeness (QED) is 0.716. The standard InChI is InChI=1S/C23H26N4O3S/c1-29-19-6-4-17(5-7-19)21-22(27-23(26-21)9-11-24-12-10-23)31-15-18(28)13-16-3-8-20(30-2)25-14-16/h3-8,14,24H,9-13,15H2,1-2H3. The summed E-state index contributed by atoms with van der Waals surface area (Å²) in [7, 11) is 3.22. The van der Waals surface area contributed by atoms with Crippen LogP contribution in [0.3, 0.4) is 0 Å². The lowest BCUT2D eigenvalue weighted by Crippen LogP contribution is -2.38. The number of hydrogen-bond donors (Lipinski definition) is 1. The second kappa shape index (κ2) is 9.62. The van der Waals surface area contributed by atoms with Crippen molar-refractivity contribution in [2.45, 2.75) is 24.9 Å². The van der Waals surface area contributed by atoms with Crippen LogP contribution in [0.15, 0.2) is 52.6 Å². The summed E-state index contributed by atoms with van der Waals surface area (Å²) in [4.78, 5) is 26.8. The first-order chi connectivity index (χ1) is 15.1. The van der Waals surface area contributed by atoms with Gasteiger partial charge in [-0.15, -0.1) is 0 Å². The van der Waals surface area contributed by atoms with Crippen LogP contribution in [0.5, 0.6) is 11.6 Å². The Morgan fingerprint density at radius 1 is 1.06 bits per heavy atom. The third kappa shape index (κ3) is 5.14. The fourth-order valence-corrected chi connectivity index (χ4v) is 4.61. The molecule has 2 aromatic rings. The molecule has 0 aliphatic carbocycles. The number of Topliss-reactive ketones (excluding diaryl/α,β-unsaturated/α-hetero) is 1. The third-order valence-electron chi connectivity index (χ3n) is 5.38. The first kappa shape index (κ1) is 21.5. The van der Waals surface area contributed by atoms with E-state index in [2.05, 4.69) is 10.3 Å². The van der Waals surface area contributed by atoms with Crippen LogP contribution in [0.1, 0.15) is 24.0 Å². The number of benzene rings is 1. The number of carbonyl (C=O) groups excluding carboxylic acids is 1. The number of ether oxygens (including phenoxy) is 2. The summed E-state index contributed by atoms with van der Waals surface area (Å²) in [6, 6.07) is 11.5. The van der Waals surface area contributed by atoms with Crippen LogP contribution < -0.4 is 14.8 Å². The molecule has 0 atom stereocenters. The van der Waals surface area contributed by atoms with Crippen molar-refractivity contribution in [1.29, 1.82) is 0 Å². The van der Waals surface area contributed by atoms with Gasteiger partial charge in [0, 0.05) is 37.1 Å². The van der Waals surface area contributed by atoms with Crippen LogP contribution >= 0.6 is 11.8 Å². The van der Waals surface area contributed by atoms with Crippen LogP contribution in [-0.4, -0.2) is 60.2 Å². The van der Waals surface area contributed by atoms with Crippen LogP contribution in [0.25, 0.3) is 0 Å². The predicted molar refractivity (Wildman–Crippen MR) is 124 cm³/mol. The Morgan fingerprint density at radius 2 is 1.84 bits per heavy atom. The van der Waals surface area contributed by atoms with Gasteiger partial charge in [-0.05, 0) is 42.9 Å². The van der Waals surface area contributed by atoms with Gasteiger partial charge in [-0.25, -0.2) is 9.98 Å². The van der Waals surface area contributed by atoms with Gasteiger partial charge in [-0.1, -0.05) is 17.8 Å². The molecule has 0 unspecified atom stereocenters. The van der Waals surface area contributed by atoms with Gasteiger partial charge in [0.05, 0.1) is 25.7 Å². The van der Waals surface area contributed by atoms with Gasteiger partial charge in [0.15, 0.2) is 5.66 Å². The highest BCUT2D eigenvalue weighted by atomic mass is 32.2. The minimum Gasteiger partial charge on any atom is -0.497 e. The summed E-state index contributed by atoms with van der Waals surface area (Å²) >= 11 is 1.47. The minimum absolute atomic E-state index is 0.125. The first-order valence-corrected chi connectivity index (χ1v) is 11.3. The molecule has 1 saturated heterocycles. The number of thioether (sulfide) groups is 1. The fourth-order valence-electron chi connectivity index (χ4n) is 3.68. The Hall–Kier alpha value is -2.71. The SMILES string of the molecule is COc1ccc(C2=NC3(CCNCC3)N=C2SCC(=O)Cc2ccc(OC)nc2)cc1. The summed E-state index contributed by atoms with van der Waals surface area (Å²) < 4.78 is 10.3. The summed E-state index contributed by atoms with van der Waals surface area (Å²) in [5.41, 5.74) is 2.33. The smallest absolute Gasteiger partial charge is 0.212 e. The fraction of sp³-hybridized carbons (Fsp3) is 0.391. The van der Waals surface area contributed by atoms with Crippen molar-refractivity contribution in [3.05, 3.63) is 53.7 Å². The molecule has 0 radical (unpaired) electrons. The van der Waals surface area contributed by atoms with E-state index < -0.39 is 5.66 Å². The molecular formula is C23H26N4O3S. The van der Waals surface area contributed by atoms with Gasteiger partial charge in [0.1, 0.15) is 16.6 Å². The molecular weight excluding hydrogens is 412 g/mol. The van der Waals surface area contributed by atoms with Crippen molar-refractivity contribution in [1.82, 2.24) is 10.3 Å². The van der Waals surface area contributed by atoms with Gasteiger partial charge in [-0.2, -0.15) is 0 Å². The number of aliphatic imine (C=N–C) groups is 2. The average Bonchev–Trinajstić information content (AvgIpc) is 3.16. The molecule has 1 aromatic heterocycles. The van der Waals surface area contributed by atoms with Gasteiger partial charge in [0.2, 0.25) is 5.88 Å². The Kier molecular flexibility index (Phi) is 6.67. The van der Waals surface area contributed by atoms with Crippen LogP contribution in [0.2, 0.25) is 0 Å². The minimum atomic E-state index is -0.411. The van der Waals surface area contributed by atoms with Gasteiger partial charge >= 0.3 is 0 Å². The molecule has 2 aliphatic rings. The highest BCUT2D eigenvalue weighted by Gasteiger charge is 2.37. The number of pyridine rings is 1. The van der Waals surface area contributed by atoms with Crippen molar-refractivity contribution in [2.75, 3.05) is 33.1 Å². The number of nitrogens with zero attached hydrogens (tertiary/aromatic N) is 3. The highest BCUT2D eigenvalue weighted by Crippen LogP contribution is 2.34. The maximum Gasteiger partial charge on any atom is 0.212 e. The zero-order chi connectivity index (χ0) is 21.7. The lowest BCUT2D eigenvalue weighted by atomic mass is 10.0. The van der Waals surface area contributed by atoms with Gasteiger partial charge < -0.3 is 14.8 Å². The largest absolute Gasteiger partial charge is 0.497 e. The van der Waals surface area contributed by atoms with Crippen LogP contribution in [0, 0.1) is 0 Å². The number of methoxy groups -OCH3 is 2. The molecule has 3 heterocycles. The molecule has 0 amide bonds. The predicted octanol–water partition coefficient (Wildman–Crippen LogP) is 2.92. The molecule has 31 heavy (non-hydrogen) atoms.